The Bertz CT molecular complexity index is 1040. The number of aryl methyl sites for hydroxylation is 1. The molecule has 1 fully saturated rings. The summed E-state index contributed by atoms with van der Waals surface area (Å²) in [6.07, 6.45) is 0. The molecule has 0 bridgehead atoms. The maximum atomic E-state index is 13.7. The standard InChI is InChI=1S/C25H28N2O5/c1-4-31-20-11-10-19(16-21(20)32-5-2)27-24(28)22(18-8-6-17(3)7-9-18)23(25(27)29)26-12-14-30-15-13-26/h6-11,16H,4-5,12-15H2,1-3H3. The Morgan fingerprint density at radius 3 is 2.19 bits per heavy atom. The first kappa shape index (κ1) is 21.9. The van der Waals surface area contributed by atoms with Crippen LogP contribution in [0.3, 0.4) is 0 Å². The summed E-state index contributed by atoms with van der Waals surface area (Å²) in [7, 11) is 0. The van der Waals surface area contributed by atoms with E-state index in [-0.39, 0.29) is 11.8 Å². The molecule has 0 spiro atoms. The van der Waals surface area contributed by atoms with Crippen molar-refractivity contribution in [3.05, 3.63) is 59.3 Å². The first-order chi connectivity index (χ1) is 15.5. The second-order valence-corrected chi connectivity index (χ2v) is 7.63. The van der Waals surface area contributed by atoms with Crippen LogP contribution in [0.15, 0.2) is 48.2 Å². The van der Waals surface area contributed by atoms with Crippen molar-refractivity contribution < 1.29 is 23.8 Å². The van der Waals surface area contributed by atoms with Crippen LogP contribution in [0.1, 0.15) is 25.0 Å². The van der Waals surface area contributed by atoms with Crippen molar-refractivity contribution in [1.82, 2.24) is 4.90 Å². The molecule has 0 atom stereocenters. The van der Waals surface area contributed by atoms with Gasteiger partial charge in [-0.05, 0) is 38.5 Å². The number of anilines is 1. The highest BCUT2D eigenvalue weighted by atomic mass is 16.5. The number of carbonyl (C=O) groups excluding carboxylic acids is 2. The quantitative estimate of drug-likeness (QED) is 0.620. The number of rotatable bonds is 7. The molecule has 0 aliphatic carbocycles. The minimum atomic E-state index is -0.341. The molecule has 1 saturated heterocycles. The maximum absolute atomic E-state index is 13.7. The van der Waals surface area contributed by atoms with E-state index in [1.54, 1.807) is 18.2 Å². The largest absolute Gasteiger partial charge is 0.490 e. The van der Waals surface area contributed by atoms with Gasteiger partial charge < -0.3 is 19.1 Å². The van der Waals surface area contributed by atoms with Crippen molar-refractivity contribution in [2.24, 2.45) is 0 Å². The van der Waals surface area contributed by atoms with Crippen molar-refractivity contribution in [2.45, 2.75) is 20.8 Å². The van der Waals surface area contributed by atoms with Gasteiger partial charge in [-0.3, -0.25) is 9.59 Å². The molecule has 0 aromatic heterocycles. The van der Waals surface area contributed by atoms with Gasteiger partial charge in [0, 0.05) is 19.2 Å². The Morgan fingerprint density at radius 1 is 0.875 bits per heavy atom. The van der Waals surface area contributed by atoms with Crippen LogP contribution >= 0.6 is 0 Å². The summed E-state index contributed by atoms with van der Waals surface area (Å²) in [5, 5.41) is 0. The molecule has 7 nitrogen and oxygen atoms in total. The summed E-state index contributed by atoms with van der Waals surface area (Å²) >= 11 is 0. The molecule has 0 radical (unpaired) electrons. The lowest BCUT2D eigenvalue weighted by molar-refractivity contribution is -0.121. The number of morpholine rings is 1. The molecule has 2 amide bonds. The topological polar surface area (TPSA) is 68.3 Å². The van der Waals surface area contributed by atoms with E-state index < -0.39 is 0 Å². The Hall–Kier alpha value is -3.32. The third kappa shape index (κ3) is 4.08. The molecular formula is C25H28N2O5. The van der Waals surface area contributed by atoms with E-state index in [2.05, 4.69) is 0 Å². The van der Waals surface area contributed by atoms with Crippen LogP contribution in [0.25, 0.3) is 5.57 Å². The fourth-order valence-corrected chi connectivity index (χ4v) is 3.99. The minimum absolute atomic E-state index is 0.334. The molecule has 0 saturated carbocycles. The van der Waals surface area contributed by atoms with Crippen LogP contribution in [-0.4, -0.2) is 56.2 Å². The normalized spacial score (nSPS) is 16.7. The van der Waals surface area contributed by atoms with Crippen LogP contribution in [-0.2, 0) is 14.3 Å². The Morgan fingerprint density at radius 2 is 1.53 bits per heavy atom. The smallest absolute Gasteiger partial charge is 0.282 e. The number of benzene rings is 2. The highest BCUT2D eigenvalue weighted by Gasteiger charge is 2.43. The lowest BCUT2D eigenvalue weighted by Gasteiger charge is -2.29. The van der Waals surface area contributed by atoms with E-state index in [1.807, 2.05) is 49.9 Å². The summed E-state index contributed by atoms with van der Waals surface area (Å²) in [5.41, 5.74) is 3.12. The van der Waals surface area contributed by atoms with E-state index in [9.17, 15) is 9.59 Å². The van der Waals surface area contributed by atoms with E-state index in [4.69, 9.17) is 14.2 Å². The van der Waals surface area contributed by atoms with E-state index in [0.717, 1.165) is 11.1 Å². The molecule has 4 rings (SSSR count). The van der Waals surface area contributed by atoms with Crippen molar-refractivity contribution in [3.8, 4) is 11.5 Å². The molecule has 2 aliphatic heterocycles. The van der Waals surface area contributed by atoms with Gasteiger partial charge in [-0.15, -0.1) is 0 Å². The van der Waals surface area contributed by atoms with Crippen LogP contribution in [0, 0.1) is 6.92 Å². The lowest BCUT2D eigenvalue weighted by Crippen LogP contribution is -2.40. The third-order valence-corrected chi connectivity index (χ3v) is 5.51. The first-order valence-corrected chi connectivity index (χ1v) is 11.0. The summed E-state index contributed by atoms with van der Waals surface area (Å²) in [6.45, 7) is 8.85. The number of imide groups is 1. The zero-order valence-electron chi connectivity index (χ0n) is 18.7. The summed E-state index contributed by atoms with van der Waals surface area (Å²) in [4.78, 5) is 30.5. The number of carbonyl (C=O) groups is 2. The van der Waals surface area contributed by atoms with E-state index in [1.165, 1.54) is 4.90 Å². The molecule has 2 aromatic rings. The van der Waals surface area contributed by atoms with Gasteiger partial charge in [-0.2, -0.15) is 0 Å². The number of hydrogen-bond donors (Lipinski definition) is 0. The molecule has 0 N–H and O–H groups in total. The second-order valence-electron chi connectivity index (χ2n) is 7.63. The second kappa shape index (κ2) is 9.44. The van der Waals surface area contributed by atoms with Gasteiger partial charge in [-0.1, -0.05) is 29.8 Å². The summed E-state index contributed by atoms with van der Waals surface area (Å²) < 4.78 is 16.8. The van der Waals surface area contributed by atoms with Gasteiger partial charge in [-0.25, -0.2) is 4.90 Å². The first-order valence-electron chi connectivity index (χ1n) is 11.0. The minimum Gasteiger partial charge on any atom is -0.490 e. The molecule has 168 valence electrons. The fourth-order valence-electron chi connectivity index (χ4n) is 3.99. The maximum Gasteiger partial charge on any atom is 0.282 e. The molecule has 7 heteroatoms. The van der Waals surface area contributed by atoms with Crippen molar-refractivity contribution in [3.63, 3.8) is 0 Å². The molecule has 2 heterocycles. The number of hydrogen-bond acceptors (Lipinski definition) is 6. The predicted molar refractivity (Wildman–Crippen MR) is 122 cm³/mol. The van der Waals surface area contributed by atoms with Crippen LogP contribution in [0.2, 0.25) is 0 Å². The number of nitrogens with zero attached hydrogens (tertiary/aromatic N) is 2. The zero-order valence-corrected chi connectivity index (χ0v) is 18.7. The third-order valence-electron chi connectivity index (χ3n) is 5.51. The van der Waals surface area contributed by atoms with Crippen LogP contribution in [0.4, 0.5) is 5.69 Å². The van der Waals surface area contributed by atoms with Gasteiger partial charge in [0.2, 0.25) is 0 Å². The average molecular weight is 437 g/mol. The predicted octanol–water partition coefficient (Wildman–Crippen LogP) is 3.41. The molecule has 2 aromatic carbocycles. The highest BCUT2D eigenvalue weighted by Crippen LogP contribution is 2.38. The van der Waals surface area contributed by atoms with Crippen molar-refractivity contribution in [2.75, 3.05) is 44.4 Å². The zero-order chi connectivity index (χ0) is 22.7. The van der Waals surface area contributed by atoms with Gasteiger partial charge in [0.15, 0.2) is 11.5 Å². The van der Waals surface area contributed by atoms with E-state index in [0.29, 0.717) is 68.0 Å². The number of ether oxygens (including phenoxy) is 3. The monoisotopic (exact) mass is 436 g/mol. The van der Waals surface area contributed by atoms with Gasteiger partial charge >= 0.3 is 0 Å². The lowest BCUT2D eigenvalue weighted by atomic mass is 10.0. The highest BCUT2D eigenvalue weighted by molar-refractivity contribution is 6.45. The van der Waals surface area contributed by atoms with Gasteiger partial charge in [0.05, 0.1) is 37.7 Å². The average Bonchev–Trinajstić information content (AvgIpc) is 3.06. The molecule has 2 aliphatic rings. The summed E-state index contributed by atoms with van der Waals surface area (Å²) in [6, 6.07) is 12.8. The molecule has 32 heavy (non-hydrogen) atoms. The van der Waals surface area contributed by atoms with Gasteiger partial charge in [0.1, 0.15) is 5.70 Å². The Balaban J connectivity index is 1.78. The SMILES string of the molecule is CCOc1ccc(N2C(=O)C(c3ccc(C)cc3)=C(N3CCOCC3)C2=O)cc1OCC. The Labute approximate surface area is 188 Å². The van der Waals surface area contributed by atoms with Crippen LogP contribution < -0.4 is 14.4 Å². The van der Waals surface area contributed by atoms with Crippen molar-refractivity contribution in [1.29, 1.82) is 0 Å². The Kier molecular flexibility index (Phi) is 6.46. The molecule has 0 unspecified atom stereocenters. The number of amides is 2. The van der Waals surface area contributed by atoms with Crippen LogP contribution in [0.5, 0.6) is 11.5 Å². The van der Waals surface area contributed by atoms with Gasteiger partial charge in [0.25, 0.3) is 11.8 Å². The molecular weight excluding hydrogens is 408 g/mol. The fraction of sp³-hybridized carbons (Fsp3) is 0.360. The van der Waals surface area contributed by atoms with Crippen molar-refractivity contribution >= 4 is 23.1 Å². The van der Waals surface area contributed by atoms with E-state index >= 15 is 0 Å². The summed E-state index contributed by atoms with van der Waals surface area (Å²) in [5.74, 6) is 0.410.